The second-order valence-electron chi connectivity index (χ2n) is 4.72. The van der Waals surface area contributed by atoms with Crippen LogP contribution in [0.4, 0.5) is 10.1 Å². The zero-order valence-corrected chi connectivity index (χ0v) is 12.4. The average Bonchev–Trinajstić information content (AvgIpc) is 2.42. The highest BCUT2D eigenvalue weighted by Crippen LogP contribution is 2.16. The molecule has 0 atom stereocenters. The summed E-state index contributed by atoms with van der Waals surface area (Å²) in [6, 6.07) is 12.8. The smallest absolute Gasteiger partial charge is 0.171 e. The molecule has 104 valence electrons. The molecule has 2 nitrogen and oxygen atoms in total. The Labute approximate surface area is 124 Å². The van der Waals surface area contributed by atoms with E-state index in [0.29, 0.717) is 17.2 Å². The first-order chi connectivity index (χ1) is 9.56. The van der Waals surface area contributed by atoms with Crippen LogP contribution in [0.2, 0.25) is 0 Å². The fourth-order valence-electron chi connectivity index (χ4n) is 1.85. The van der Waals surface area contributed by atoms with Crippen molar-refractivity contribution in [3.8, 4) is 0 Å². The summed E-state index contributed by atoms with van der Waals surface area (Å²) in [4.78, 5) is 0. The van der Waals surface area contributed by atoms with Crippen LogP contribution in [0, 0.1) is 19.7 Å². The van der Waals surface area contributed by atoms with Gasteiger partial charge in [0, 0.05) is 17.8 Å². The lowest BCUT2D eigenvalue weighted by atomic mass is 10.1. The number of hydrogen-bond acceptors (Lipinski definition) is 1. The van der Waals surface area contributed by atoms with Gasteiger partial charge in [-0.3, -0.25) is 0 Å². The third-order valence-electron chi connectivity index (χ3n) is 3.04. The molecule has 0 aliphatic heterocycles. The molecule has 0 radical (unpaired) electrons. The zero-order chi connectivity index (χ0) is 14.5. The van der Waals surface area contributed by atoms with E-state index < -0.39 is 0 Å². The Bertz CT molecular complexity index is 626. The van der Waals surface area contributed by atoms with Crippen LogP contribution in [-0.2, 0) is 6.54 Å². The second kappa shape index (κ2) is 6.48. The predicted molar refractivity (Wildman–Crippen MR) is 85.4 cm³/mol. The number of anilines is 1. The number of nitrogens with one attached hydrogen (secondary N) is 2. The summed E-state index contributed by atoms with van der Waals surface area (Å²) in [5.41, 5.74) is 3.84. The van der Waals surface area contributed by atoms with Gasteiger partial charge in [-0.2, -0.15) is 0 Å². The maximum absolute atomic E-state index is 13.5. The van der Waals surface area contributed by atoms with Gasteiger partial charge >= 0.3 is 0 Å². The van der Waals surface area contributed by atoms with E-state index in [1.165, 1.54) is 6.07 Å². The van der Waals surface area contributed by atoms with Crippen LogP contribution >= 0.6 is 12.2 Å². The fourth-order valence-corrected chi connectivity index (χ4v) is 2.04. The van der Waals surface area contributed by atoms with Crippen molar-refractivity contribution in [1.82, 2.24) is 5.32 Å². The van der Waals surface area contributed by atoms with Gasteiger partial charge in [0.15, 0.2) is 5.11 Å². The maximum Gasteiger partial charge on any atom is 0.171 e. The van der Waals surface area contributed by atoms with Gasteiger partial charge in [0.1, 0.15) is 5.82 Å². The molecule has 2 aromatic rings. The van der Waals surface area contributed by atoms with Crippen LogP contribution in [0.15, 0.2) is 42.5 Å². The van der Waals surface area contributed by atoms with E-state index in [-0.39, 0.29) is 5.82 Å². The van der Waals surface area contributed by atoms with E-state index in [0.717, 1.165) is 16.8 Å². The molecule has 0 aliphatic rings. The van der Waals surface area contributed by atoms with Gasteiger partial charge in [0.2, 0.25) is 0 Å². The van der Waals surface area contributed by atoms with E-state index >= 15 is 0 Å². The van der Waals surface area contributed by atoms with Crippen LogP contribution in [0.5, 0.6) is 0 Å². The second-order valence-corrected chi connectivity index (χ2v) is 5.13. The molecule has 0 unspecified atom stereocenters. The molecular formula is C16H17FN2S. The number of hydrogen-bond donors (Lipinski definition) is 2. The van der Waals surface area contributed by atoms with Crippen molar-refractivity contribution in [3.63, 3.8) is 0 Å². The van der Waals surface area contributed by atoms with Gasteiger partial charge in [0.05, 0.1) is 0 Å². The van der Waals surface area contributed by atoms with Crippen molar-refractivity contribution in [2.75, 3.05) is 5.32 Å². The third kappa shape index (κ3) is 3.78. The zero-order valence-electron chi connectivity index (χ0n) is 11.5. The van der Waals surface area contributed by atoms with Crippen molar-refractivity contribution in [2.45, 2.75) is 20.4 Å². The molecule has 0 saturated heterocycles. The lowest BCUT2D eigenvalue weighted by Gasteiger charge is -2.13. The summed E-state index contributed by atoms with van der Waals surface area (Å²) >= 11 is 5.24. The minimum absolute atomic E-state index is 0.227. The molecule has 2 aromatic carbocycles. The van der Waals surface area contributed by atoms with Crippen LogP contribution < -0.4 is 10.6 Å². The molecule has 2 N–H and O–H groups in total. The van der Waals surface area contributed by atoms with Crippen molar-refractivity contribution in [3.05, 3.63) is 65.0 Å². The minimum Gasteiger partial charge on any atom is -0.358 e. The largest absolute Gasteiger partial charge is 0.358 e. The van der Waals surface area contributed by atoms with Crippen LogP contribution in [0.1, 0.15) is 16.7 Å². The predicted octanol–water partition coefficient (Wildman–Crippen LogP) is 3.93. The summed E-state index contributed by atoms with van der Waals surface area (Å²) in [6.45, 7) is 4.41. The summed E-state index contributed by atoms with van der Waals surface area (Å²) in [6.07, 6.45) is 0. The fraction of sp³-hybridized carbons (Fsp3) is 0.188. The lowest BCUT2D eigenvalue weighted by Crippen LogP contribution is -2.28. The summed E-state index contributed by atoms with van der Waals surface area (Å²) in [7, 11) is 0. The highest BCUT2D eigenvalue weighted by atomic mass is 32.1. The van der Waals surface area contributed by atoms with E-state index in [1.807, 2.05) is 26.0 Å². The van der Waals surface area contributed by atoms with Gasteiger partial charge in [-0.1, -0.05) is 30.3 Å². The van der Waals surface area contributed by atoms with Gasteiger partial charge < -0.3 is 10.6 Å². The Morgan fingerprint density at radius 3 is 2.65 bits per heavy atom. The SMILES string of the molecule is Cc1ccc(C)c(NC(=S)NCc2ccccc2F)c1. The highest BCUT2D eigenvalue weighted by molar-refractivity contribution is 7.80. The normalized spacial score (nSPS) is 10.2. The van der Waals surface area contributed by atoms with Crippen LogP contribution in [0.3, 0.4) is 0 Å². The molecule has 0 spiro atoms. The number of rotatable bonds is 3. The molecule has 0 amide bonds. The Morgan fingerprint density at radius 1 is 1.15 bits per heavy atom. The molecule has 0 aliphatic carbocycles. The van der Waals surface area contributed by atoms with Crippen molar-refractivity contribution in [1.29, 1.82) is 0 Å². The summed E-state index contributed by atoms with van der Waals surface area (Å²) in [5.74, 6) is -0.227. The molecule has 20 heavy (non-hydrogen) atoms. The van der Waals surface area contributed by atoms with Crippen molar-refractivity contribution in [2.24, 2.45) is 0 Å². The topological polar surface area (TPSA) is 24.1 Å². The first-order valence-corrected chi connectivity index (χ1v) is 6.82. The van der Waals surface area contributed by atoms with Crippen molar-refractivity contribution >= 4 is 23.0 Å². The standard InChI is InChI=1S/C16H17FN2S/c1-11-7-8-12(2)15(9-11)19-16(20)18-10-13-5-3-4-6-14(13)17/h3-9H,10H2,1-2H3,(H2,18,19,20). The molecule has 2 rings (SSSR count). The minimum atomic E-state index is -0.227. The van der Waals surface area contributed by atoms with Gasteiger partial charge in [0.25, 0.3) is 0 Å². The van der Waals surface area contributed by atoms with E-state index in [9.17, 15) is 4.39 Å². The Balaban J connectivity index is 1.96. The average molecular weight is 288 g/mol. The quantitative estimate of drug-likeness (QED) is 0.837. The molecular weight excluding hydrogens is 271 g/mol. The molecule has 0 aromatic heterocycles. The number of halogens is 1. The molecule has 0 bridgehead atoms. The first-order valence-electron chi connectivity index (χ1n) is 6.42. The molecule has 0 fully saturated rings. The Hall–Kier alpha value is -1.94. The third-order valence-corrected chi connectivity index (χ3v) is 3.28. The summed E-state index contributed by atoms with van der Waals surface area (Å²) < 4.78 is 13.5. The Morgan fingerprint density at radius 2 is 1.90 bits per heavy atom. The number of benzene rings is 2. The summed E-state index contributed by atoms with van der Waals surface area (Å²) in [5, 5.41) is 6.64. The first kappa shape index (κ1) is 14.5. The van der Waals surface area contributed by atoms with E-state index in [2.05, 4.69) is 16.7 Å². The monoisotopic (exact) mass is 288 g/mol. The van der Waals surface area contributed by atoms with E-state index in [1.54, 1.807) is 18.2 Å². The van der Waals surface area contributed by atoms with Crippen LogP contribution in [-0.4, -0.2) is 5.11 Å². The molecule has 4 heteroatoms. The van der Waals surface area contributed by atoms with Crippen LogP contribution in [0.25, 0.3) is 0 Å². The Kier molecular flexibility index (Phi) is 4.69. The highest BCUT2D eigenvalue weighted by Gasteiger charge is 2.04. The lowest BCUT2D eigenvalue weighted by molar-refractivity contribution is 0.606. The molecule has 0 heterocycles. The maximum atomic E-state index is 13.5. The van der Waals surface area contributed by atoms with Crippen molar-refractivity contribution < 1.29 is 4.39 Å². The van der Waals surface area contributed by atoms with E-state index in [4.69, 9.17) is 12.2 Å². The van der Waals surface area contributed by atoms with Gasteiger partial charge in [-0.25, -0.2) is 4.39 Å². The van der Waals surface area contributed by atoms with Gasteiger partial charge in [-0.15, -0.1) is 0 Å². The molecule has 0 saturated carbocycles. The van der Waals surface area contributed by atoms with Gasteiger partial charge in [-0.05, 0) is 49.3 Å². The number of thiocarbonyl (C=S) groups is 1. The number of aryl methyl sites for hydroxylation is 2.